The number of benzene rings is 1. The first kappa shape index (κ1) is 16.0. The summed E-state index contributed by atoms with van der Waals surface area (Å²) in [5.41, 5.74) is 1.72. The Balaban J connectivity index is 2.19. The molecule has 1 aromatic carbocycles. The minimum absolute atomic E-state index is 0.0439. The number of amides is 2. The van der Waals surface area contributed by atoms with Crippen molar-refractivity contribution in [2.24, 2.45) is 0 Å². The Labute approximate surface area is 133 Å². The molecule has 0 unspecified atom stereocenters. The summed E-state index contributed by atoms with van der Waals surface area (Å²) in [4.78, 5) is 29.1. The molecule has 0 fully saturated rings. The van der Waals surface area contributed by atoms with Crippen molar-refractivity contribution in [1.29, 1.82) is 0 Å². The summed E-state index contributed by atoms with van der Waals surface area (Å²) in [5.74, 6) is -0.391. The van der Waals surface area contributed by atoms with Crippen LogP contribution >= 0.6 is 11.6 Å². The van der Waals surface area contributed by atoms with Crippen LogP contribution in [-0.4, -0.2) is 28.7 Å². The summed E-state index contributed by atoms with van der Waals surface area (Å²) in [6.45, 7) is 1.91. The lowest BCUT2D eigenvalue weighted by Gasteiger charge is -2.17. The van der Waals surface area contributed by atoms with E-state index in [1.807, 2.05) is 18.2 Å². The number of halogens is 1. The van der Waals surface area contributed by atoms with Crippen LogP contribution in [-0.2, 0) is 11.3 Å². The van der Waals surface area contributed by atoms with E-state index in [1.165, 1.54) is 19.2 Å². The maximum Gasteiger partial charge on any atom is 0.274 e. The molecule has 0 saturated heterocycles. The van der Waals surface area contributed by atoms with Gasteiger partial charge in [0.25, 0.3) is 5.91 Å². The Morgan fingerprint density at radius 1 is 1.27 bits per heavy atom. The number of hydrogen-bond donors (Lipinski definition) is 1. The van der Waals surface area contributed by atoms with Crippen molar-refractivity contribution in [2.75, 3.05) is 12.4 Å². The lowest BCUT2D eigenvalue weighted by atomic mass is 10.1. The van der Waals surface area contributed by atoms with Gasteiger partial charge in [0, 0.05) is 37.4 Å². The van der Waals surface area contributed by atoms with Crippen LogP contribution in [0.15, 0.2) is 42.6 Å². The molecule has 114 valence electrons. The van der Waals surface area contributed by atoms with Gasteiger partial charge in [0.2, 0.25) is 5.91 Å². The number of pyridine rings is 1. The molecule has 0 atom stereocenters. The van der Waals surface area contributed by atoms with Gasteiger partial charge in [0.1, 0.15) is 5.69 Å². The highest BCUT2D eigenvalue weighted by Crippen LogP contribution is 2.18. The predicted octanol–water partition coefficient (Wildman–Crippen LogP) is 2.97. The van der Waals surface area contributed by atoms with Crippen LogP contribution in [0.2, 0.25) is 5.02 Å². The summed E-state index contributed by atoms with van der Waals surface area (Å²) in [7, 11) is 1.71. The molecule has 0 bridgehead atoms. The number of carbonyl (C=O) groups excluding carboxylic acids is 2. The topological polar surface area (TPSA) is 62.3 Å². The summed E-state index contributed by atoms with van der Waals surface area (Å²) in [6.07, 6.45) is 1.48. The molecular weight excluding hydrogens is 302 g/mol. The smallest absolute Gasteiger partial charge is 0.274 e. The van der Waals surface area contributed by atoms with E-state index in [9.17, 15) is 9.59 Å². The lowest BCUT2D eigenvalue weighted by Crippen LogP contribution is -2.24. The Kier molecular flexibility index (Phi) is 5.12. The van der Waals surface area contributed by atoms with E-state index in [1.54, 1.807) is 24.1 Å². The summed E-state index contributed by atoms with van der Waals surface area (Å²) >= 11 is 5.86. The van der Waals surface area contributed by atoms with Crippen LogP contribution < -0.4 is 5.32 Å². The lowest BCUT2D eigenvalue weighted by molar-refractivity contribution is -0.128. The second kappa shape index (κ2) is 7.04. The van der Waals surface area contributed by atoms with E-state index in [-0.39, 0.29) is 17.5 Å². The molecule has 0 saturated carbocycles. The van der Waals surface area contributed by atoms with Gasteiger partial charge in [-0.25, -0.2) is 0 Å². The predicted molar refractivity (Wildman–Crippen MR) is 85.8 cm³/mol. The van der Waals surface area contributed by atoms with Gasteiger partial charge in [0.15, 0.2) is 0 Å². The average molecular weight is 318 g/mol. The van der Waals surface area contributed by atoms with E-state index in [2.05, 4.69) is 10.3 Å². The van der Waals surface area contributed by atoms with Crippen LogP contribution in [0.3, 0.4) is 0 Å². The molecule has 2 rings (SSSR count). The summed E-state index contributed by atoms with van der Waals surface area (Å²) in [5, 5.41) is 3.25. The molecule has 0 spiro atoms. The molecule has 1 N–H and O–H groups in total. The van der Waals surface area contributed by atoms with Gasteiger partial charge in [-0.3, -0.25) is 14.6 Å². The molecule has 22 heavy (non-hydrogen) atoms. The fraction of sp³-hybridized carbons (Fsp3) is 0.188. The second-order valence-corrected chi connectivity index (χ2v) is 5.28. The van der Waals surface area contributed by atoms with E-state index in [0.717, 1.165) is 5.56 Å². The number of nitrogens with one attached hydrogen (secondary N) is 1. The van der Waals surface area contributed by atoms with Crippen molar-refractivity contribution in [3.8, 4) is 0 Å². The minimum atomic E-state index is -0.347. The molecule has 2 aromatic rings. The van der Waals surface area contributed by atoms with Crippen molar-refractivity contribution in [2.45, 2.75) is 13.5 Å². The number of carbonyl (C=O) groups is 2. The molecular formula is C16H16ClN3O2. The van der Waals surface area contributed by atoms with Gasteiger partial charge in [-0.1, -0.05) is 29.8 Å². The standard InChI is InChI=1S/C16H16ClN3O2/c1-11(21)20(2)10-12-5-3-4-6-14(12)19-16(22)15-9-13(17)7-8-18-15/h3-9H,10H2,1-2H3,(H,19,22). The average Bonchev–Trinajstić information content (AvgIpc) is 2.49. The number of para-hydroxylation sites is 1. The number of anilines is 1. The number of nitrogens with zero attached hydrogens (tertiary/aromatic N) is 2. The van der Waals surface area contributed by atoms with Crippen LogP contribution in [0.5, 0.6) is 0 Å². The first-order valence-corrected chi connectivity index (χ1v) is 7.07. The first-order valence-electron chi connectivity index (χ1n) is 6.70. The number of hydrogen-bond acceptors (Lipinski definition) is 3. The van der Waals surface area contributed by atoms with E-state index in [0.29, 0.717) is 17.3 Å². The number of aromatic nitrogens is 1. The van der Waals surface area contributed by atoms with Gasteiger partial charge in [-0.2, -0.15) is 0 Å². The molecule has 1 heterocycles. The molecule has 1 aromatic heterocycles. The quantitative estimate of drug-likeness (QED) is 0.943. The molecule has 0 radical (unpaired) electrons. The molecule has 5 nitrogen and oxygen atoms in total. The first-order chi connectivity index (χ1) is 10.5. The summed E-state index contributed by atoms with van der Waals surface area (Å²) in [6, 6.07) is 10.4. The Morgan fingerprint density at radius 2 is 2.00 bits per heavy atom. The highest BCUT2D eigenvalue weighted by atomic mass is 35.5. The fourth-order valence-electron chi connectivity index (χ4n) is 1.86. The van der Waals surface area contributed by atoms with Crippen molar-refractivity contribution < 1.29 is 9.59 Å². The Morgan fingerprint density at radius 3 is 2.68 bits per heavy atom. The second-order valence-electron chi connectivity index (χ2n) is 4.85. The highest BCUT2D eigenvalue weighted by Gasteiger charge is 2.12. The molecule has 6 heteroatoms. The maximum absolute atomic E-state index is 12.2. The molecule has 0 aliphatic carbocycles. The zero-order chi connectivity index (χ0) is 16.1. The fourth-order valence-corrected chi connectivity index (χ4v) is 2.02. The highest BCUT2D eigenvalue weighted by molar-refractivity contribution is 6.30. The third-order valence-corrected chi connectivity index (χ3v) is 3.40. The van der Waals surface area contributed by atoms with E-state index >= 15 is 0 Å². The van der Waals surface area contributed by atoms with Crippen molar-refractivity contribution >= 4 is 29.1 Å². The van der Waals surface area contributed by atoms with E-state index < -0.39 is 0 Å². The van der Waals surface area contributed by atoms with Crippen LogP contribution in [0.25, 0.3) is 0 Å². The maximum atomic E-state index is 12.2. The number of rotatable bonds is 4. The van der Waals surface area contributed by atoms with Crippen LogP contribution in [0.4, 0.5) is 5.69 Å². The zero-order valence-corrected chi connectivity index (χ0v) is 13.1. The van der Waals surface area contributed by atoms with Gasteiger partial charge in [0.05, 0.1) is 0 Å². The SMILES string of the molecule is CC(=O)N(C)Cc1ccccc1NC(=O)c1cc(Cl)ccn1. The minimum Gasteiger partial charge on any atom is -0.342 e. The van der Waals surface area contributed by atoms with Gasteiger partial charge in [-0.05, 0) is 23.8 Å². The van der Waals surface area contributed by atoms with Crippen molar-refractivity contribution in [3.63, 3.8) is 0 Å². The summed E-state index contributed by atoms with van der Waals surface area (Å²) < 4.78 is 0. The Hall–Kier alpha value is -2.40. The van der Waals surface area contributed by atoms with Crippen molar-refractivity contribution in [3.05, 3.63) is 58.9 Å². The largest absolute Gasteiger partial charge is 0.342 e. The van der Waals surface area contributed by atoms with Crippen molar-refractivity contribution in [1.82, 2.24) is 9.88 Å². The molecule has 0 aliphatic rings. The van der Waals surface area contributed by atoms with Gasteiger partial charge < -0.3 is 10.2 Å². The third-order valence-electron chi connectivity index (χ3n) is 3.17. The van der Waals surface area contributed by atoms with Gasteiger partial charge >= 0.3 is 0 Å². The zero-order valence-electron chi connectivity index (χ0n) is 12.3. The monoisotopic (exact) mass is 317 g/mol. The van der Waals surface area contributed by atoms with Gasteiger partial charge in [-0.15, -0.1) is 0 Å². The van der Waals surface area contributed by atoms with Crippen LogP contribution in [0.1, 0.15) is 23.0 Å². The molecule has 0 aliphatic heterocycles. The molecule has 2 amide bonds. The third kappa shape index (κ3) is 4.05. The van der Waals surface area contributed by atoms with Crippen LogP contribution in [0, 0.1) is 0 Å². The van der Waals surface area contributed by atoms with E-state index in [4.69, 9.17) is 11.6 Å². The normalized spacial score (nSPS) is 10.1. The Bertz CT molecular complexity index is 703.